The molecule has 20 heavy (non-hydrogen) atoms. The maximum atomic E-state index is 5.42. The molecular weight excluding hydrogens is 290 g/mol. The zero-order valence-corrected chi connectivity index (χ0v) is 12.8. The Morgan fingerprint density at radius 2 is 2.00 bits per heavy atom. The van der Waals surface area contributed by atoms with E-state index in [2.05, 4.69) is 15.0 Å². The second kappa shape index (κ2) is 4.92. The van der Waals surface area contributed by atoms with E-state index < -0.39 is 0 Å². The number of imidazole rings is 1. The summed E-state index contributed by atoms with van der Waals surface area (Å²) in [5, 5.41) is 0. The van der Waals surface area contributed by atoms with Gasteiger partial charge >= 0.3 is 0 Å². The van der Waals surface area contributed by atoms with Gasteiger partial charge in [0.1, 0.15) is 16.0 Å². The number of fused-ring (bicyclic) bond motifs is 1. The zero-order chi connectivity index (χ0) is 14.3. The molecule has 0 unspecified atom stereocenters. The van der Waals surface area contributed by atoms with Crippen LogP contribution < -0.4 is 0 Å². The first-order valence-corrected chi connectivity index (χ1v) is 6.94. The molecule has 0 amide bonds. The van der Waals surface area contributed by atoms with Gasteiger partial charge in [-0.05, 0) is 24.4 Å². The van der Waals surface area contributed by atoms with Crippen LogP contribution in [0.2, 0.25) is 0 Å². The van der Waals surface area contributed by atoms with Crippen molar-refractivity contribution in [1.29, 1.82) is 0 Å². The SMILES string of the molecule is Cn1c(=S)c2[nH]c(Cc3ccccn3)nc2n(C)c1=S. The number of nitrogens with zero attached hydrogens (tertiary/aromatic N) is 4. The van der Waals surface area contributed by atoms with E-state index in [-0.39, 0.29) is 0 Å². The van der Waals surface area contributed by atoms with Crippen LogP contribution in [0.1, 0.15) is 11.5 Å². The number of aromatic nitrogens is 5. The van der Waals surface area contributed by atoms with Crippen molar-refractivity contribution < 1.29 is 0 Å². The third-order valence-corrected chi connectivity index (χ3v) is 4.24. The van der Waals surface area contributed by atoms with Gasteiger partial charge in [-0.25, -0.2) is 4.98 Å². The van der Waals surface area contributed by atoms with Gasteiger partial charge in [0.2, 0.25) is 0 Å². The van der Waals surface area contributed by atoms with Crippen LogP contribution in [0.3, 0.4) is 0 Å². The molecule has 0 saturated carbocycles. The number of hydrogen-bond donors (Lipinski definition) is 1. The summed E-state index contributed by atoms with van der Waals surface area (Å²) in [6, 6.07) is 5.83. The van der Waals surface area contributed by atoms with Gasteiger partial charge in [0.25, 0.3) is 0 Å². The van der Waals surface area contributed by atoms with Crippen LogP contribution in [0, 0.1) is 9.41 Å². The summed E-state index contributed by atoms with van der Waals surface area (Å²) in [5.74, 6) is 0.834. The van der Waals surface area contributed by atoms with E-state index in [4.69, 9.17) is 24.4 Å². The minimum absolute atomic E-state index is 0.640. The minimum atomic E-state index is 0.640. The monoisotopic (exact) mass is 303 g/mol. The fourth-order valence-corrected chi connectivity index (χ4v) is 2.60. The van der Waals surface area contributed by atoms with Gasteiger partial charge < -0.3 is 14.1 Å². The van der Waals surface area contributed by atoms with Crippen molar-refractivity contribution in [2.75, 3.05) is 0 Å². The molecule has 0 aliphatic rings. The highest BCUT2D eigenvalue weighted by Crippen LogP contribution is 2.15. The molecule has 0 atom stereocenters. The van der Waals surface area contributed by atoms with Gasteiger partial charge in [-0.15, -0.1) is 0 Å². The first-order valence-electron chi connectivity index (χ1n) is 6.12. The number of H-pyrrole nitrogens is 1. The fourth-order valence-electron chi connectivity index (χ4n) is 2.13. The van der Waals surface area contributed by atoms with Crippen molar-refractivity contribution in [2.45, 2.75) is 6.42 Å². The van der Waals surface area contributed by atoms with Gasteiger partial charge in [-0.1, -0.05) is 18.3 Å². The van der Waals surface area contributed by atoms with Crippen molar-refractivity contribution in [2.24, 2.45) is 14.1 Å². The summed E-state index contributed by atoms with van der Waals surface area (Å²) >= 11 is 10.8. The highest BCUT2D eigenvalue weighted by Gasteiger charge is 2.10. The topological polar surface area (TPSA) is 51.4 Å². The summed E-state index contributed by atoms with van der Waals surface area (Å²) < 4.78 is 4.98. The summed E-state index contributed by atoms with van der Waals surface area (Å²) in [7, 11) is 3.76. The van der Waals surface area contributed by atoms with Crippen LogP contribution >= 0.6 is 24.4 Å². The largest absolute Gasteiger partial charge is 0.338 e. The molecule has 3 aromatic heterocycles. The van der Waals surface area contributed by atoms with Crippen molar-refractivity contribution in [3.63, 3.8) is 0 Å². The lowest BCUT2D eigenvalue weighted by molar-refractivity contribution is 0.755. The Morgan fingerprint density at radius 3 is 2.70 bits per heavy atom. The molecule has 1 N–H and O–H groups in total. The molecule has 0 fully saturated rings. The molecule has 3 aromatic rings. The number of aryl methyl sites for hydroxylation is 1. The number of aromatic amines is 1. The maximum absolute atomic E-state index is 5.42. The normalized spacial score (nSPS) is 11.1. The standard InChI is InChI=1S/C13H13N5S2/c1-17-11-10(12(19)18(2)13(17)20)15-9(16-11)7-8-5-3-4-6-14-8/h3-6H,7H2,1-2H3,(H,15,16). The van der Waals surface area contributed by atoms with Crippen LogP contribution in [0.5, 0.6) is 0 Å². The highest BCUT2D eigenvalue weighted by atomic mass is 32.1. The van der Waals surface area contributed by atoms with Gasteiger partial charge in [-0.2, -0.15) is 0 Å². The van der Waals surface area contributed by atoms with Gasteiger partial charge in [0.15, 0.2) is 10.4 Å². The predicted octanol–water partition coefficient (Wildman–Crippen LogP) is 2.68. The smallest absolute Gasteiger partial charge is 0.182 e. The predicted molar refractivity (Wildman–Crippen MR) is 82.7 cm³/mol. The number of rotatable bonds is 2. The molecule has 102 valence electrons. The summed E-state index contributed by atoms with van der Waals surface area (Å²) in [5.41, 5.74) is 2.58. The van der Waals surface area contributed by atoms with Crippen LogP contribution in [0.4, 0.5) is 0 Å². The van der Waals surface area contributed by atoms with Gasteiger partial charge in [0, 0.05) is 32.4 Å². The molecule has 0 aliphatic carbocycles. The van der Waals surface area contributed by atoms with Crippen LogP contribution in [-0.4, -0.2) is 24.1 Å². The lowest BCUT2D eigenvalue weighted by Crippen LogP contribution is -2.05. The number of nitrogens with one attached hydrogen (secondary N) is 1. The number of pyridine rings is 1. The van der Waals surface area contributed by atoms with E-state index in [9.17, 15) is 0 Å². The van der Waals surface area contributed by atoms with Crippen LogP contribution in [-0.2, 0) is 20.5 Å². The van der Waals surface area contributed by atoms with Gasteiger partial charge in [0.05, 0.1) is 0 Å². The second-order valence-electron chi connectivity index (χ2n) is 4.59. The van der Waals surface area contributed by atoms with Crippen molar-refractivity contribution in [1.82, 2.24) is 24.1 Å². The Hall–Kier alpha value is -1.86. The maximum Gasteiger partial charge on any atom is 0.182 e. The molecule has 0 aliphatic heterocycles. The lowest BCUT2D eigenvalue weighted by atomic mass is 10.3. The molecule has 7 heteroatoms. The summed E-state index contributed by atoms with van der Waals surface area (Å²) in [4.78, 5) is 12.2. The van der Waals surface area contributed by atoms with E-state index in [1.54, 1.807) is 10.8 Å². The third-order valence-electron chi connectivity index (χ3n) is 3.22. The summed E-state index contributed by atoms with van der Waals surface area (Å²) in [6.07, 6.45) is 2.42. The lowest BCUT2D eigenvalue weighted by Gasteiger charge is -2.05. The average molecular weight is 303 g/mol. The third kappa shape index (κ3) is 2.08. The molecular formula is C13H13N5S2. The highest BCUT2D eigenvalue weighted by molar-refractivity contribution is 7.72. The second-order valence-corrected chi connectivity index (χ2v) is 5.34. The number of hydrogen-bond acceptors (Lipinski definition) is 4. The van der Waals surface area contributed by atoms with E-state index >= 15 is 0 Å². The van der Waals surface area contributed by atoms with E-state index in [0.29, 0.717) is 15.8 Å². The van der Waals surface area contributed by atoms with Crippen LogP contribution in [0.15, 0.2) is 24.4 Å². The summed E-state index contributed by atoms with van der Waals surface area (Å²) in [6.45, 7) is 0. The molecule has 3 heterocycles. The van der Waals surface area contributed by atoms with Crippen LogP contribution in [0.25, 0.3) is 11.2 Å². The quantitative estimate of drug-likeness (QED) is 0.740. The first kappa shape index (κ1) is 13.1. The Labute approximate surface area is 125 Å². The van der Waals surface area contributed by atoms with Crippen molar-refractivity contribution in [3.05, 3.63) is 45.3 Å². The Balaban J connectivity index is 2.17. The molecule has 0 aromatic carbocycles. The van der Waals surface area contributed by atoms with E-state index in [1.807, 2.05) is 36.9 Å². The van der Waals surface area contributed by atoms with Crippen molar-refractivity contribution in [3.8, 4) is 0 Å². The van der Waals surface area contributed by atoms with E-state index in [1.165, 1.54) is 0 Å². The Bertz CT molecular complexity index is 889. The van der Waals surface area contributed by atoms with E-state index in [0.717, 1.165) is 22.7 Å². The molecule has 0 saturated heterocycles. The molecule has 5 nitrogen and oxygen atoms in total. The fraction of sp³-hybridized carbons (Fsp3) is 0.231. The first-order chi connectivity index (χ1) is 9.58. The van der Waals surface area contributed by atoms with Gasteiger partial charge in [-0.3, -0.25) is 4.98 Å². The molecule has 3 rings (SSSR count). The Morgan fingerprint density at radius 1 is 1.20 bits per heavy atom. The molecule has 0 spiro atoms. The zero-order valence-electron chi connectivity index (χ0n) is 11.1. The van der Waals surface area contributed by atoms with Crippen molar-refractivity contribution >= 4 is 35.6 Å². The average Bonchev–Trinajstić information content (AvgIpc) is 2.88. The minimum Gasteiger partial charge on any atom is -0.338 e. The Kier molecular flexibility index (Phi) is 3.23. The molecule has 0 radical (unpaired) electrons. The molecule has 0 bridgehead atoms.